The summed E-state index contributed by atoms with van der Waals surface area (Å²) in [4.78, 5) is 0. The molecule has 2 bridgehead atoms. The van der Waals surface area contributed by atoms with Crippen LogP contribution in [0.25, 0.3) is 0 Å². The molecule has 0 amide bonds. The summed E-state index contributed by atoms with van der Waals surface area (Å²) in [6.45, 7) is 0.649. The summed E-state index contributed by atoms with van der Waals surface area (Å²) in [6, 6.07) is 20.4. The first-order chi connectivity index (χ1) is 12.8. The van der Waals surface area contributed by atoms with Gasteiger partial charge in [0.15, 0.2) is 0 Å². The highest BCUT2D eigenvalue weighted by molar-refractivity contribution is 6.62. The van der Waals surface area contributed by atoms with Crippen LogP contribution in [0.1, 0.15) is 12.8 Å². The van der Waals surface area contributed by atoms with E-state index >= 15 is 0 Å². The van der Waals surface area contributed by atoms with E-state index in [0.717, 1.165) is 23.8 Å². The van der Waals surface area contributed by atoms with E-state index in [4.69, 9.17) is 18.6 Å². The monoisotopic (exact) mass is 346 g/mol. The summed E-state index contributed by atoms with van der Waals surface area (Å²) >= 11 is 0. The van der Waals surface area contributed by atoms with Crippen LogP contribution in [0.2, 0.25) is 0 Å². The maximum absolute atomic E-state index is 6.52. The Balaban J connectivity index is 1.23. The van der Waals surface area contributed by atoms with Crippen molar-refractivity contribution in [2.24, 2.45) is 11.8 Å². The van der Waals surface area contributed by atoms with Crippen LogP contribution >= 0.6 is 0 Å². The third-order valence-electron chi connectivity index (χ3n) is 6.55. The zero-order chi connectivity index (χ0) is 17.1. The fourth-order valence-electron chi connectivity index (χ4n) is 5.42. The standard InChI is InChI=1S/C20H20B2O4/c1-3-7-15(8-4-1)21-23-13-20(26-21)12-14-11-17(20)19-18(14)24-22(25-19)16-9-5-2-6-10-16/h1-10,14,17-19H,11-13H2/t14?,17?,18-,19+,20-/m0/s1. The lowest BCUT2D eigenvalue weighted by molar-refractivity contribution is -0.0394. The molecule has 2 saturated carbocycles. The Labute approximate surface area is 154 Å². The van der Waals surface area contributed by atoms with Gasteiger partial charge in [0.2, 0.25) is 0 Å². The minimum Gasteiger partial charge on any atom is -0.404 e. The van der Waals surface area contributed by atoms with E-state index in [-0.39, 0.29) is 32.0 Å². The third kappa shape index (κ3) is 2.19. The molecule has 4 aliphatic rings. The van der Waals surface area contributed by atoms with Crippen LogP contribution in [0.3, 0.4) is 0 Å². The van der Waals surface area contributed by atoms with Gasteiger partial charge in [0, 0.05) is 5.92 Å². The fraction of sp³-hybridized carbons (Fsp3) is 0.400. The third-order valence-corrected chi connectivity index (χ3v) is 6.55. The predicted octanol–water partition coefficient (Wildman–Crippen LogP) is 1.39. The molecule has 6 rings (SSSR count). The van der Waals surface area contributed by atoms with Gasteiger partial charge >= 0.3 is 14.2 Å². The molecular weight excluding hydrogens is 326 g/mol. The second kappa shape index (κ2) is 5.70. The molecule has 4 fully saturated rings. The molecule has 2 aromatic rings. The summed E-state index contributed by atoms with van der Waals surface area (Å²) in [7, 11) is -0.514. The Hall–Kier alpha value is -1.59. The number of benzene rings is 2. The predicted molar refractivity (Wildman–Crippen MR) is 99.4 cm³/mol. The van der Waals surface area contributed by atoms with Crippen molar-refractivity contribution in [3.05, 3.63) is 60.7 Å². The molecule has 130 valence electrons. The van der Waals surface area contributed by atoms with E-state index in [0.29, 0.717) is 18.4 Å². The molecule has 5 atom stereocenters. The number of rotatable bonds is 2. The second-order valence-corrected chi connectivity index (χ2v) is 7.99. The van der Waals surface area contributed by atoms with Gasteiger partial charge in [-0.2, -0.15) is 0 Å². The minimum atomic E-state index is -0.263. The van der Waals surface area contributed by atoms with Crippen molar-refractivity contribution in [2.45, 2.75) is 30.7 Å². The molecule has 2 aliphatic carbocycles. The average molecular weight is 346 g/mol. The normalized spacial score (nSPS) is 37.7. The van der Waals surface area contributed by atoms with Crippen molar-refractivity contribution < 1.29 is 18.6 Å². The molecule has 2 heterocycles. The molecule has 2 unspecified atom stereocenters. The molecule has 2 aliphatic heterocycles. The van der Waals surface area contributed by atoms with E-state index in [1.54, 1.807) is 0 Å². The highest BCUT2D eigenvalue weighted by Gasteiger charge is 2.67. The lowest BCUT2D eigenvalue weighted by Crippen LogP contribution is -2.49. The average Bonchev–Trinajstić information content (AvgIpc) is 3.45. The maximum atomic E-state index is 6.52. The molecule has 6 heteroatoms. The van der Waals surface area contributed by atoms with Gasteiger partial charge in [-0.05, 0) is 29.7 Å². The Morgan fingerprint density at radius 1 is 0.808 bits per heavy atom. The van der Waals surface area contributed by atoms with Crippen molar-refractivity contribution in [3.63, 3.8) is 0 Å². The number of fused-ring (bicyclic) bond motifs is 6. The molecule has 0 N–H and O–H groups in total. The van der Waals surface area contributed by atoms with Crippen LogP contribution in [-0.4, -0.2) is 38.7 Å². The number of hydrogen-bond acceptors (Lipinski definition) is 4. The summed E-state index contributed by atoms with van der Waals surface area (Å²) in [6.07, 6.45) is 2.42. The van der Waals surface area contributed by atoms with E-state index in [2.05, 4.69) is 24.3 Å². The summed E-state index contributed by atoms with van der Waals surface area (Å²) in [5, 5.41) is 0. The lowest BCUT2D eigenvalue weighted by Gasteiger charge is -2.38. The van der Waals surface area contributed by atoms with Crippen LogP contribution < -0.4 is 10.9 Å². The Morgan fingerprint density at radius 2 is 1.46 bits per heavy atom. The topological polar surface area (TPSA) is 36.9 Å². The molecule has 2 aromatic carbocycles. The lowest BCUT2D eigenvalue weighted by atomic mass is 9.77. The first-order valence-corrected chi connectivity index (χ1v) is 9.53. The van der Waals surface area contributed by atoms with E-state index < -0.39 is 0 Å². The highest BCUT2D eigenvalue weighted by atomic mass is 16.7. The molecule has 0 aromatic heterocycles. The van der Waals surface area contributed by atoms with Crippen molar-refractivity contribution in [1.82, 2.24) is 0 Å². The molecule has 4 nitrogen and oxygen atoms in total. The summed E-state index contributed by atoms with van der Waals surface area (Å²) < 4.78 is 25.3. The Morgan fingerprint density at radius 3 is 2.19 bits per heavy atom. The Bertz CT molecular complexity index is 766. The smallest absolute Gasteiger partial charge is 0.404 e. The summed E-state index contributed by atoms with van der Waals surface area (Å²) in [5.74, 6) is 0.844. The van der Waals surface area contributed by atoms with Gasteiger partial charge in [-0.1, -0.05) is 60.7 Å². The van der Waals surface area contributed by atoms with Gasteiger partial charge in [0.25, 0.3) is 0 Å². The minimum absolute atomic E-state index is 0.108. The number of hydrogen-bond donors (Lipinski definition) is 0. The van der Waals surface area contributed by atoms with Crippen LogP contribution in [0, 0.1) is 11.8 Å². The molecule has 2 saturated heterocycles. The molecular formula is C20H20B2O4. The van der Waals surface area contributed by atoms with E-state index in [1.807, 2.05) is 36.4 Å². The van der Waals surface area contributed by atoms with Gasteiger partial charge in [0.05, 0.1) is 24.4 Å². The van der Waals surface area contributed by atoms with Crippen LogP contribution in [0.4, 0.5) is 0 Å². The van der Waals surface area contributed by atoms with Gasteiger partial charge in [-0.15, -0.1) is 0 Å². The summed E-state index contributed by atoms with van der Waals surface area (Å²) in [5.41, 5.74) is 1.97. The maximum Gasteiger partial charge on any atom is 0.494 e. The first kappa shape index (κ1) is 15.5. The van der Waals surface area contributed by atoms with Crippen molar-refractivity contribution >= 4 is 25.2 Å². The van der Waals surface area contributed by atoms with Gasteiger partial charge in [-0.3, -0.25) is 0 Å². The highest BCUT2D eigenvalue weighted by Crippen LogP contribution is 2.58. The van der Waals surface area contributed by atoms with Crippen LogP contribution in [0.5, 0.6) is 0 Å². The van der Waals surface area contributed by atoms with Crippen LogP contribution in [0.15, 0.2) is 60.7 Å². The van der Waals surface area contributed by atoms with Crippen molar-refractivity contribution in [3.8, 4) is 0 Å². The molecule has 0 radical (unpaired) electrons. The van der Waals surface area contributed by atoms with Crippen molar-refractivity contribution in [1.29, 1.82) is 0 Å². The van der Waals surface area contributed by atoms with E-state index in [1.165, 1.54) is 0 Å². The molecule has 1 spiro atoms. The largest absolute Gasteiger partial charge is 0.494 e. The zero-order valence-corrected chi connectivity index (χ0v) is 14.5. The SMILES string of the molecule is c1ccc(B2O[C@@H]3C4CC(C[C@]45COB(c4ccccc4)O5)[C@@H]3O2)cc1. The van der Waals surface area contributed by atoms with Gasteiger partial charge in [0.1, 0.15) is 0 Å². The zero-order valence-electron chi connectivity index (χ0n) is 14.5. The Kier molecular flexibility index (Phi) is 3.39. The second-order valence-electron chi connectivity index (χ2n) is 7.99. The van der Waals surface area contributed by atoms with Crippen LogP contribution in [-0.2, 0) is 18.6 Å². The van der Waals surface area contributed by atoms with Gasteiger partial charge < -0.3 is 18.6 Å². The van der Waals surface area contributed by atoms with Gasteiger partial charge in [-0.25, -0.2) is 0 Å². The van der Waals surface area contributed by atoms with Crippen molar-refractivity contribution in [2.75, 3.05) is 6.61 Å². The first-order valence-electron chi connectivity index (χ1n) is 9.53. The van der Waals surface area contributed by atoms with E-state index in [9.17, 15) is 0 Å². The molecule has 26 heavy (non-hydrogen) atoms. The fourth-order valence-corrected chi connectivity index (χ4v) is 5.42. The quantitative estimate of drug-likeness (QED) is 0.771.